The van der Waals surface area contributed by atoms with Crippen molar-refractivity contribution in [1.29, 1.82) is 0 Å². The second kappa shape index (κ2) is 4.54. The summed E-state index contributed by atoms with van der Waals surface area (Å²) in [5.41, 5.74) is 12.0. The summed E-state index contributed by atoms with van der Waals surface area (Å²) in [7, 11) is 1.47. The molecule has 0 fully saturated rings. The number of methoxy groups -OCH3 is 1. The molecule has 0 radical (unpaired) electrons. The van der Waals surface area contributed by atoms with Crippen LogP contribution in [0, 0.1) is 0 Å². The fourth-order valence-corrected chi connectivity index (χ4v) is 1.23. The summed E-state index contributed by atoms with van der Waals surface area (Å²) in [6.45, 7) is 1.99. The monoisotopic (exact) mass is 210 g/mol. The van der Waals surface area contributed by atoms with Crippen molar-refractivity contribution in [3.8, 4) is 5.75 Å². The number of carbonyl (C=O) groups excluding carboxylic acids is 1. The zero-order chi connectivity index (χ0) is 11.4. The number of nitrogens with two attached hydrogens (primary N) is 2. The number of rotatable bonds is 3. The van der Waals surface area contributed by atoms with Crippen molar-refractivity contribution in [3.63, 3.8) is 0 Å². The van der Waals surface area contributed by atoms with Crippen LogP contribution in [0.5, 0.6) is 5.75 Å². The first kappa shape index (κ1) is 11.2. The van der Waals surface area contributed by atoms with E-state index in [1.54, 1.807) is 19.1 Å². The third-order valence-corrected chi connectivity index (χ3v) is 1.94. The molecule has 0 atom stereocenters. The maximum absolute atomic E-state index is 11.5. The standard InChI is InChI=1S/C10H14N2O3/c1-3-15-10(13)8-6(11)4-5-7(14-2)9(8)12/h4-5H,3,11-12H2,1-2H3. The van der Waals surface area contributed by atoms with Gasteiger partial charge in [-0.2, -0.15) is 0 Å². The molecule has 0 spiro atoms. The van der Waals surface area contributed by atoms with E-state index in [4.69, 9.17) is 20.9 Å². The number of nitrogen functional groups attached to an aromatic ring is 2. The zero-order valence-corrected chi connectivity index (χ0v) is 8.74. The van der Waals surface area contributed by atoms with Gasteiger partial charge in [0, 0.05) is 5.69 Å². The van der Waals surface area contributed by atoms with Gasteiger partial charge in [-0.15, -0.1) is 0 Å². The third-order valence-electron chi connectivity index (χ3n) is 1.94. The van der Waals surface area contributed by atoms with Gasteiger partial charge in [0.05, 0.1) is 19.4 Å². The highest BCUT2D eigenvalue weighted by atomic mass is 16.5. The van der Waals surface area contributed by atoms with Crippen molar-refractivity contribution < 1.29 is 14.3 Å². The van der Waals surface area contributed by atoms with Gasteiger partial charge >= 0.3 is 5.97 Å². The van der Waals surface area contributed by atoms with E-state index >= 15 is 0 Å². The van der Waals surface area contributed by atoms with Crippen LogP contribution in [0.25, 0.3) is 0 Å². The first-order chi connectivity index (χ1) is 7.11. The number of carbonyl (C=O) groups is 1. The first-order valence-electron chi connectivity index (χ1n) is 4.50. The summed E-state index contributed by atoms with van der Waals surface area (Å²) in [5.74, 6) is -0.126. The van der Waals surface area contributed by atoms with E-state index in [-0.39, 0.29) is 23.5 Å². The van der Waals surface area contributed by atoms with Crippen LogP contribution in [0.4, 0.5) is 11.4 Å². The molecule has 0 heterocycles. The van der Waals surface area contributed by atoms with Crippen molar-refractivity contribution in [2.75, 3.05) is 25.2 Å². The molecule has 82 valence electrons. The van der Waals surface area contributed by atoms with Gasteiger partial charge in [-0.25, -0.2) is 4.79 Å². The molecule has 0 aromatic heterocycles. The Morgan fingerprint density at radius 3 is 2.60 bits per heavy atom. The highest BCUT2D eigenvalue weighted by Gasteiger charge is 2.17. The molecule has 5 nitrogen and oxygen atoms in total. The summed E-state index contributed by atoms with van der Waals surface area (Å²) < 4.78 is 9.82. The van der Waals surface area contributed by atoms with Crippen LogP contribution in [-0.2, 0) is 4.74 Å². The number of hydrogen-bond acceptors (Lipinski definition) is 5. The molecule has 0 aliphatic carbocycles. The second-order valence-corrected chi connectivity index (χ2v) is 2.87. The highest BCUT2D eigenvalue weighted by molar-refractivity contribution is 6.02. The Bertz CT molecular complexity index is 377. The molecule has 0 aliphatic rings. The van der Waals surface area contributed by atoms with Crippen LogP contribution < -0.4 is 16.2 Å². The predicted octanol–water partition coefficient (Wildman–Crippen LogP) is 1.04. The maximum Gasteiger partial charge on any atom is 0.342 e. The molecule has 0 bridgehead atoms. The Labute approximate surface area is 88.0 Å². The van der Waals surface area contributed by atoms with E-state index in [0.29, 0.717) is 5.75 Å². The quantitative estimate of drug-likeness (QED) is 0.574. The number of hydrogen-bond donors (Lipinski definition) is 2. The van der Waals surface area contributed by atoms with E-state index in [0.717, 1.165) is 0 Å². The lowest BCUT2D eigenvalue weighted by molar-refractivity contribution is 0.0528. The van der Waals surface area contributed by atoms with Gasteiger partial charge < -0.3 is 20.9 Å². The van der Waals surface area contributed by atoms with Crippen LogP contribution >= 0.6 is 0 Å². The molecule has 15 heavy (non-hydrogen) atoms. The fourth-order valence-electron chi connectivity index (χ4n) is 1.23. The van der Waals surface area contributed by atoms with E-state index in [2.05, 4.69) is 0 Å². The zero-order valence-electron chi connectivity index (χ0n) is 8.74. The molecule has 1 aromatic carbocycles. The Morgan fingerprint density at radius 2 is 2.07 bits per heavy atom. The number of benzene rings is 1. The highest BCUT2D eigenvalue weighted by Crippen LogP contribution is 2.30. The van der Waals surface area contributed by atoms with E-state index < -0.39 is 5.97 Å². The van der Waals surface area contributed by atoms with Crippen molar-refractivity contribution in [3.05, 3.63) is 17.7 Å². The minimum Gasteiger partial charge on any atom is -0.495 e. The van der Waals surface area contributed by atoms with Gasteiger partial charge in [0.1, 0.15) is 11.3 Å². The Hall–Kier alpha value is -1.91. The van der Waals surface area contributed by atoms with Gasteiger partial charge in [-0.3, -0.25) is 0 Å². The largest absolute Gasteiger partial charge is 0.495 e. The minimum absolute atomic E-state index is 0.163. The van der Waals surface area contributed by atoms with E-state index in [9.17, 15) is 4.79 Å². The van der Waals surface area contributed by atoms with Crippen molar-refractivity contribution in [2.45, 2.75) is 6.92 Å². The SMILES string of the molecule is CCOC(=O)c1c(N)ccc(OC)c1N. The normalized spacial score (nSPS) is 9.73. The molecular formula is C10H14N2O3. The molecule has 0 saturated carbocycles. The average Bonchev–Trinajstić information content (AvgIpc) is 2.18. The lowest BCUT2D eigenvalue weighted by Gasteiger charge is -2.11. The molecule has 0 aliphatic heterocycles. The number of anilines is 2. The summed E-state index contributed by atoms with van der Waals surface area (Å²) in [6, 6.07) is 3.16. The van der Waals surface area contributed by atoms with E-state index in [1.165, 1.54) is 7.11 Å². The molecule has 0 saturated heterocycles. The maximum atomic E-state index is 11.5. The van der Waals surface area contributed by atoms with E-state index in [1.807, 2.05) is 0 Å². The summed E-state index contributed by atoms with van der Waals surface area (Å²) in [6.07, 6.45) is 0. The van der Waals surface area contributed by atoms with Crippen molar-refractivity contribution in [1.82, 2.24) is 0 Å². The summed E-state index contributed by atoms with van der Waals surface area (Å²) >= 11 is 0. The summed E-state index contributed by atoms with van der Waals surface area (Å²) in [5, 5.41) is 0. The van der Waals surface area contributed by atoms with Crippen LogP contribution in [0.2, 0.25) is 0 Å². The molecule has 5 heteroatoms. The summed E-state index contributed by atoms with van der Waals surface area (Å²) in [4.78, 5) is 11.5. The van der Waals surface area contributed by atoms with Crippen LogP contribution in [0.15, 0.2) is 12.1 Å². The number of ether oxygens (including phenoxy) is 2. The molecular weight excluding hydrogens is 196 g/mol. The first-order valence-corrected chi connectivity index (χ1v) is 4.50. The molecule has 1 aromatic rings. The lowest BCUT2D eigenvalue weighted by Crippen LogP contribution is -2.11. The molecule has 4 N–H and O–H groups in total. The van der Waals surface area contributed by atoms with Crippen LogP contribution in [0.1, 0.15) is 17.3 Å². The molecule has 1 rings (SSSR count). The lowest BCUT2D eigenvalue weighted by atomic mass is 10.1. The smallest absolute Gasteiger partial charge is 0.342 e. The Kier molecular flexibility index (Phi) is 3.38. The Balaban J connectivity index is 3.20. The minimum atomic E-state index is -0.536. The second-order valence-electron chi connectivity index (χ2n) is 2.87. The predicted molar refractivity (Wildman–Crippen MR) is 57.8 cm³/mol. The molecule has 0 amide bonds. The van der Waals surface area contributed by atoms with Gasteiger partial charge in [0.25, 0.3) is 0 Å². The average molecular weight is 210 g/mol. The topological polar surface area (TPSA) is 87.6 Å². The Morgan fingerprint density at radius 1 is 1.40 bits per heavy atom. The third kappa shape index (κ3) is 2.12. The molecule has 0 unspecified atom stereocenters. The van der Waals surface area contributed by atoms with Gasteiger partial charge in [-0.1, -0.05) is 0 Å². The fraction of sp³-hybridized carbons (Fsp3) is 0.300. The van der Waals surface area contributed by atoms with Crippen LogP contribution in [-0.4, -0.2) is 19.7 Å². The number of esters is 1. The van der Waals surface area contributed by atoms with Gasteiger partial charge in [-0.05, 0) is 19.1 Å². The van der Waals surface area contributed by atoms with Crippen LogP contribution in [0.3, 0.4) is 0 Å². The van der Waals surface area contributed by atoms with Gasteiger partial charge in [0.2, 0.25) is 0 Å². The van der Waals surface area contributed by atoms with Crippen molar-refractivity contribution >= 4 is 17.3 Å². The van der Waals surface area contributed by atoms with Gasteiger partial charge in [0.15, 0.2) is 0 Å². The van der Waals surface area contributed by atoms with Crippen molar-refractivity contribution in [2.24, 2.45) is 0 Å².